The number of amides is 1. The van der Waals surface area contributed by atoms with Crippen LogP contribution in [0.4, 0.5) is 0 Å². The molecule has 0 saturated heterocycles. The van der Waals surface area contributed by atoms with Crippen molar-refractivity contribution in [2.24, 2.45) is 0 Å². The number of hydrogen-bond acceptors (Lipinski definition) is 4. The Morgan fingerprint density at radius 2 is 2.12 bits per heavy atom. The van der Waals surface area contributed by atoms with Crippen molar-refractivity contribution >= 4 is 33.6 Å². The van der Waals surface area contributed by atoms with Gasteiger partial charge in [-0.2, -0.15) is 5.10 Å². The molecule has 1 aromatic carbocycles. The Labute approximate surface area is 161 Å². The van der Waals surface area contributed by atoms with Crippen LogP contribution in [-0.4, -0.2) is 26.6 Å². The Bertz CT molecular complexity index is 777. The molecule has 3 N–H and O–H groups in total. The number of halogens is 1. The summed E-state index contributed by atoms with van der Waals surface area (Å²) in [6, 6.07) is 7.77. The third kappa shape index (κ3) is 5.37. The van der Waals surface area contributed by atoms with Crippen molar-refractivity contribution in [2.75, 3.05) is 0 Å². The predicted molar refractivity (Wildman–Crippen MR) is 105 cm³/mol. The van der Waals surface area contributed by atoms with E-state index in [1.807, 2.05) is 42.1 Å². The number of nitrogens with zero attached hydrogens (tertiary/aromatic N) is 2. The molecule has 2 rings (SSSR count). The van der Waals surface area contributed by atoms with Gasteiger partial charge in [0.2, 0.25) is 0 Å². The highest BCUT2D eigenvalue weighted by molar-refractivity contribution is 9.10. The molecule has 1 heterocycles. The predicted octanol–water partition coefficient (Wildman–Crippen LogP) is 4.08. The molecule has 0 aliphatic rings. The van der Waals surface area contributed by atoms with E-state index in [4.69, 9.17) is 10.6 Å². The largest absolute Gasteiger partial charge is 0.309 e. The van der Waals surface area contributed by atoms with E-state index in [9.17, 15) is 4.79 Å². The van der Waals surface area contributed by atoms with Crippen LogP contribution in [0.3, 0.4) is 0 Å². The van der Waals surface area contributed by atoms with Crippen LogP contribution < -0.4 is 5.48 Å². The second kappa shape index (κ2) is 9.45. The van der Waals surface area contributed by atoms with Crippen molar-refractivity contribution < 1.29 is 10.0 Å². The van der Waals surface area contributed by atoms with Gasteiger partial charge in [0, 0.05) is 36.9 Å². The molecule has 0 fully saturated rings. The molecule has 1 aromatic heterocycles. The molecular weight excluding hydrogens is 396 g/mol. The molecule has 0 aliphatic carbocycles. The van der Waals surface area contributed by atoms with Gasteiger partial charge in [-0.05, 0) is 46.5 Å². The smallest absolute Gasteiger partial charge is 0.267 e. The van der Waals surface area contributed by atoms with Crippen LogP contribution in [-0.2, 0) is 11.3 Å². The summed E-state index contributed by atoms with van der Waals surface area (Å²) >= 11 is 3.45. The molecular formula is C19H23BrN4O2. The fraction of sp³-hybridized carbons (Fsp3) is 0.316. The Hall–Kier alpha value is -2.25. The maximum atomic E-state index is 11.0. The number of rotatable bonds is 8. The molecule has 0 bridgehead atoms. The highest BCUT2D eigenvalue weighted by Crippen LogP contribution is 2.23. The summed E-state index contributed by atoms with van der Waals surface area (Å²) in [5.74, 6) is -0.503. The lowest BCUT2D eigenvalue weighted by atomic mass is 9.89. The molecule has 7 heteroatoms. The summed E-state index contributed by atoms with van der Waals surface area (Å²) in [5.41, 5.74) is 5.12. The zero-order valence-corrected chi connectivity index (χ0v) is 16.5. The lowest BCUT2D eigenvalue weighted by Crippen LogP contribution is -2.15. The maximum Gasteiger partial charge on any atom is 0.267 e. The number of aromatic nitrogens is 2. The lowest BCUT2D eigenvalue weighted by molar-refractivity contribution is -0.124. The van der Waals surface area contributed by atoms with Crippen LogP contribution in [0.25, 0.3) is 6.08 Å². The van der Waals surface area contributed by atoms with Crippen LogP contribution >= 0.6 is 15.9 Å². The van der Waals surface area contributed by atoms with Gasteiger partial charge < -0.3 is 5.41 Å². The summed E-state index contributed by atoms with van der Waals surface area (Å²) in [6.45, 7) is 4.70. The first-order valence-corrected chi connectivity index (χ1v) is 9.22. The fourth-order valence-electron chi connectivity index (χ4n) is 2.75. The third-order valence-electron chi connectivity index (χ3n) is 4.20. The average molecular weight is 419 g/mol. The van der Waals surface area contributed by atoms with Crippen LogP contribution in [0.5, 0.6) is 0 Å². The van der Waals surface area contributed by atoms with E-state index in [-0.39, 0.29) is 5.92 Å². The molecule has 1 amide bonds. The number of nitrogens with one attached hydrogen (secondary N) is 2. The van der Waals surface area contributed by atoms with Crippen LogP contribution in [0.15, 0.2) is 41.0 Å². The number of benzene rings is 1. The Kier molecular flexibility index (Phi) is 7.29. The number of carbonyl (C=O) groups is 1. The molecule has 0 unspecified atom stereocenters. The summed E-state index contributed by atoms with van der Waals surface area (Å²) in [6.07, 6.45) is 6.32. The zero-order chi connectivity index (χ0) is 19.1. The first kappa shape index (κ1) is 20.1. The van der Waals surface area contributed by atoms with Crippen molar-refractivity contribution in [1.82, 2.24) is 15.3 Å². The van der Waals surface area contributed by atoms with Crippen molar-refractivity contribution in [3.05, 3.63) is 57.8 Å². The second-order valence-electron chi connectivity index (χ2n) is 6.04. The molecule has 1 atom stereocenters. The minimum Gasteiger partial charge on any atom is -0.309 e. The Morgan fingerprint density at radius 1 is 1.42 bits per heavy atom. The quantitative estimate of drug-likeness (QED) is 0.261. The van der Waals surface area contributed by atoms with Crippen molar-refractivity contribution in [3.63, 3.8) is 0 Å². The first-order chi connectivity index (χ1) is 12.4. The van der Waals surface area contributed by atoms with E-state index >= 15 is 0 Å². The summed E-state index contributed by atoms with van der Waals surface area (Å²) in [5, 5.41) is 21.4. The van der Waals surface area contributed by atoms with E-state index < -0.39 is 5.91 Å². The number of carbonyl (C=O) groups excluding carboxylic acids is 1. The van der Waals surface area contributed by atoms with Crippen LogP contribution in [0.2, 0.25) is 0 Å². The molecule has 0 spiro atoms. The lowest BCUT2D eigenvalue weighted by Gasteiger charge is -2.17. The number of hydroxylamine groups is 1. The summed E-state index contributed by atoms with van der Waals surface area (Å²) in [7, 11) is 0. The monoisotopic (exact) mass is 418 g/mol. The summed E-state index contributed by atoms with van der Waals surface area (Å²) < 4.78 is 2.84. The second-order valence-corrected chi connectivity index (χ2v) is 6.89. The normalized spacial score (nSPS) is 12.3. The fourth-order valence-corrected chi connectivity index (χ4v) is 3.06. The standard InChI is InChI=1S/C19H23BrN4O2/c1-3-16(18(21)10-11-24-12-17(20)13(2)22-24)15-7-4-14(5-8-15)6-9-19(25)23-26/h4-9,12,16,21,26H,3,10-11H2,1-2H3,(H,23,25)/b9-6+,21-18?/t16-/m0/s1. The van der Waals surface area contributed by atoms with Gasteiger partial charge >= 0.3 is 0 Å². The Morgan fingerprint density at radius 3 is 2.65 bits per heavy atom. The summed E-state index contributed by atoms with van der Waals surface area (Å²) in [4.78, 5) is 11.0. The maximum absolute atomic E-state index is 11.0. The Balaban J connectivity index is 2.01. The number of aryl methyl sites for hydroxylation is 2. The highest BCUT2D eigenvalue weighted by atomic mass is 79.9. The van der Waals surface area contributed by atoms with Crippen LogP contribution in [0, 0.1) is 12.3 Å². The van der Waals surface area contributed by atoms with Crippen molar-refractivity contribution in [2.45, 2.75) is 39.2 Å². The van der Waals surface area contributed by atoms with E-state index in [1.54, 1.807) is 11.6 Å². The molecule has 26 heavy (non-hydrogen) atoms. The molecule has 6 nitrogen and oxygen atoms in total. The van der Waals surface area contributed by atoms with Gasteiger partial charge in [-0.15, -0.1) is 0 Å². The van der Waals surface area contributed by atoms with Crippen molar-refractivity contribution in [3.8, 4) is 0 Å². The van der Waals surface area contributed by atoms with Gasteiger partial charge in [0.25, 0.3) is 5.91 Å². The molecule has 138 valence electrons. The van der Waals surface area contributed by atoms with Gasteiger partial charge in [-0.25, -0.2) is 5.48 Å². The van der Waals surface area contributed by atoms with Crippen LogP contribution in [0.1, 0.15) is 42.5 Å². The van der Waals surface area contributed by atoms with Gasteiger partial charge in [0.05, 0.1) is 10.2 Å². The van der Waals surface area contributed by atoms with E-state index in [0.717, 1.165) is 27.7 Å². The molecule has 0 saturated carbocycles. The molecule has 0 aliphatic heterocycles. The third-order valence-corrected chi connectivity index (χ3v) is 4.98. The minimum atomic E-state index is -0.567. The minimum absolute atomic E-state index is 0.0638. The van der Waals surface area contributed by atoms with E-state index in [0.29, 0.717) is 18.7 Å². The molecule has 2 aromatic rings. The van der Waals surface area contributed by atoms with Gasteiger partial charge in [0.15, 0.2) is 0 Å². The SMILES string of the molecule is CC[C@H](C(=N)CCn1cc(Br)c(C)n1)c1ccc(/C=C/C(=O)NO)cc1. The first-order valence-electron chi connectivity index (χ1n) is 8.43. The highest BCUT2D eigenvalue weighted by Gasteiger charge is 2.15. The van der Waals surface area contributed by atoms with Gasteiger partial charge in [-0.3, -0.25) is 14.7 Å². The van der Waals surface area contributed by atoms with E-state index in [2.05, 4.69) is 28.0 Å². The number of hydrogen-bond donors (Lipinski definition) is 3. The van der Waals surface area contributed by atoms with Crippen molar-refractivity contribution in [1.29, 1.82) is 5.41 Å². The molecule has 0 radical (unpaired) electrons. The average Bonchev–Trinajstić information content (AvgIpc) is 2.97. The van der Waals surface area contributed by atoms with E-state index in [1.165, 1.54) is 6.08 Å². The zero-order valence-electron chi connectivity index (χ0n) is 14.9. The van der Waals surface area contributed by atoms with Gasteiger partial charge in [0.1, 0.15) is 0 Å². The van der Waals surface area contributed by atoms with Gasteiger partial charge in [-0.1, -0.05) is 31.2 Å². The topological polar surface area (TPSA) is 91.0 Å².